The highest BCUT2D eigenvalue weighted by Gasteiger charge is 2.42. The van der Waals surface area contributed by atoms with E-state index in [2.05, 4.69) is 4.98 Å². The van der Waals surface area contributed by atoms with Gasteiger partial charge in [-0.25, -0.2) is 14.8 Å². The van der Waals surface area contributed by atoms with Crippen LogP contribution in [0.5, 0.6) is 0 Å². The fourth-order valence-corrected chi connectivity index (χ4v) is 2.32. The van der Waals surface area contributed by atoms with Crippen molar-refractivity contribution in [3.63, 3.8) is 0 Å². The predicted molar refractivity (Wildman–Crippen MR) is 81.7 cm³/mol. The van der Waals surface area contributed by atoms with Gasteiger partial charge in [-0.3, -0.25) is 14.4 Å². The number of aromatic nitrogens is 2. The normalized spacial score (nSPS) is 12.9. The molecule has 0 atom stereocenters. The third kappa shape index (κ3) is 3.04. The Balaban J connectivity index is 1.89. The van der Waals surface area contributed by atoms with Gasteiger partial charge in [-0.1, -0.05) is 12.1 Å². The second kappa shape index (κ2) is 6.43. The molecule has 0 saturated carbocycles. The quantitative estimate of drug-likeness (QED) is 0.750. The second-order valence-corrected chi connectivity index (χ2v) is 5.09. The number of carbonyl (C=O) groups is 4. The summed E-state index contributed by atoms with van der Waals surface area (Å²) in [5, 5.41) is 1.39. The van der Waals surface area contributed by atoms with Gasteiger partial charge in [-0.2, -0.15) is 9.74 Å². The molecule has 2 N–H and O–H groups in total. The molecule has 1 aliphatic rings. The zero-order chi connectivity index (χ0) is 18.0. The van der Waals surface area contributed by atoms with Gasteiger partial charge >= 0.3 is 6.09 Å². The van der Waals surface area contributed by atoms with Gasteiger partial charge in [0, 0.05) is 12.6 Å². The first-order valence-electron chi connectivity index (χ1n) is 7.23. The number of nitrogens with zero attached hydrogens (tertiary/aromatic N) is 4. The Hall–Kier alpha value is -3.69. The van der Waals surface area contributed by atoms with E-state index in [0.717, 1.165) is 9.74 Å². The Morgan fingerprint density at radius 2 is 1.80 bits per heavy atom. The van der Waals surface area contributed by atoms with Crippen LogP contribution in [0.1, 0.15) is 27.1 Å². The van der Waals surface area contributed by atoms with Crippen molar-refractivity contribution in [3.8, 4) is 0 Å². The summed E-state index contributed by atoms with van der Waals surface area (Å²) in [4.78, 5) is 57.2. The second-order valence-electron chi connectivity index (χ2n) is 5.09. The number of benzene rings is 1. The highest BCUT2D eigenvalue weighted by molar-refractivity contribution is 6.21. The summed E-state index contributed by atoms with van der Waals surface area (Å²) in [5.41, 5.74) is 5.43. The van der Waals surface area contributed by atoms with Crippen LogP contribution in [-0.2, 0) is 4.79 Å². The summed E-state index contributed by atoms with van der Waals surface area (Å²) in [6.07, 6.45) is 2.66. The third-order valence-electron chi connectivity index (χ3n) is 3.46. The van der Waals surface area contributed by atoms with Gasteiger partial charge in [0.15, 0.2) is 0 Å². The smallest absolute Gasteiger partial charge is 0.370 e. The summed E-state index contributed by atoms with van der Waals surface area (Å²) >= 11 is 0. The Kier molecular flexibility index (Phi) is 4.16. The van der Waals surface area contributed by atoms with Crippen molar-refractivity contribution in [1.29, 1.82) is 0 Å². The number of primary amides is 1. The minimum atomic E-state index is -1.03. The zero-order valence-corrected chi connectivity index (χ0v) is 12.9. The molecular formula is C15H13N5O5. The highest BCUT2D eigenvalue weighted by Crippen LogP contribution is 2.24. The van der Waals surface area contributed by atoms with Crippen molar-refractivity contribution in [2.24, 2.45) is 5.73 Å². The number of imide groups is 1. The number of hydrogen-bond acceptors (Lipinski definition) is 6. The van der Waals surface area contributed by atoms with Crippen molar-refractivity contribution in [2.75, 3.05) is 6.54 Å². The van der Waals surface area contributed by atoms with Gasteiger partial charge in [0.05, 0.1) is 23.9 Å². The van der Waals surface area contributed by atoms with E-state index < -0.39 is 23.8 Å². The maximum atomic E-state index is 12.5. The van der Waals surface area contributed by atoms with Crippen molar-refractivity contribution < 1.29 is 24.0 Å². The van der Waals surface area contributed by atoms with Gasteiger partial charge in [-0.15, -0.1) is 0 Å². The average Bonchev–Trinajstić information content (AvgIpc) is 3.17. The molecule has 2 aromatic rings. The number of nitrogens with two attached hydrogens (primary N) is 1. The first-order valence-corrected chi connectivity index (χ1v) is 7.23. The maximum Gasteiger partial charge on any atom is 0.454 e. The van der Waals surface area contributed by atoms with Crippen LogP contribution in [0.2, 0.25) is 0 Å². The lowest BCUT2D eigenvalue weighted by molar-refractivity contribution is -0.118. The lowest BCUT2D eigenvalue weighted by atomic mass is 10.1. The van der Waals surface area contributed by atoms with Gasteiger partial charge in [0.25, 0.3) is 11.8 Å². The molecule has 0 radical (unpaired) electrons. The number of carbonyl (C=O) groups excluding carboxylic acids is 4. The molecule has 1 aliphatic heterocycles. The van der Waals surface area contributed by atoms with Crippen LogP contribution in [0.25, 0.3) is 0 Å². The summed E-state index contributed by atoms with van der Waals surface area (Å²) in [6, 6.07) is 6.15. The van der Waals surface area contributed by atoms with Crippen LogP contribution < -0.4 is 10.6 Å². The number of amides is 4. The Labute approximate surface area is 141 Å². The zero-order valence-electron chi connectivity index (χ0n) is 12.9. The number of rotatable bonds is 5. The number of hydrogen-bond donors (Lipinski definition) is 1. The first-order chi connectivity index (χ1) is 12.0. The highest BCUT2D eigenvalue weighted by atomic mass is 16.7. The molecule has 2 heterocycles. The molecule has 1 aromatic heterocycles. The molecule has 4 amide bonds. The molecule has 0 spiro atoms. The van der Waals surface area contributed by atoms with E-state index in [-0.39, 0.29) is 24.1 Å². The van der Waals surface area contributed by atoms with Gasteiger partial charge in [0.1, 0.15) is 6.33 Å². The van der Waals surface area contributed by atoms with Crippen LogP contribution in [0.3, 0.4) is 0 Å². The predicted octanol–water partition coefficient (Wildman–Crippen LogP) is -0.180. The molecule has 1 aromatic carbocycles. The monoisotopic (exact) mass is 343 g/mol. The minimum absolute atomic E-state index is 0.159. The first kappa shape index (κ1) is 16.2. The van der Waals surface area contributed by atoms with E-state index >= 15 is 0 Å². The molecule has 0 aliphatic carbocycles. The van der Waals surface area contributed by atoms with E-state index in [9.17, 15) is 19.2 Å². The van der Waals surface area contributed by atoms with Gasteiger partial charge in [-0.05, 0) is 12.1 Å². The largest absolute Gasteiger partial charge is 0.454 e. The van der Waals surface area contributed by atoms with E-state index in [1.54, 1.807) is 12.1 Å². The van der Waals surface area contributed by atoms with Crippen molar-refractivity contribution >= 4 is 23.8 Å². The number of fused-ring (bicyclic) bond motifs is 1. The molecule has 25 heavy (non-hydrogen) atoms. The average molecular weight is 343 g/mol. The topological polar surface area (TPSA) is 128 Å². The van der Waals surface area contributed by atoms with Crippen LogP contribution in [0.15, 0.2) is 43.0 Å². The number of imidazole rings is 1. The summed E-state index contributed by atoms with van der Waals surface area (Å²) < 4.78 is 0.998. The van der Waals surface area contributed by atoms with Crippen LogP contribution in [0, 0.1) is 0 Å². The SMILES string of the molecule is NC(=O)CCN(C(=O)On1ccnc1)N1C(=O)c2ccccc2C1=O. The molecule has 10 nitrogen and oxygen atoms in total. The van der Waals surface area contributed by atoms with Crippen LogP contribution in [-0.4, -0.2) is 50.1 Å². The molecule has 0 saturated heterocycles. The van der Waals surface area contributed by atoms with Crippen molar-refractivity contribution in [3.05, 3.63) is 54.1 Å². The molecule has 128 valence electrons. The minimum Gasteiger partial charge on any atom is -0.370 e. The third-order valence-corrected chi connectivity index (χ3v) is 3.46. The fraction of sp³-hybridized carbons (Fsp3) is 0.133. The lowest BCUT2D eigenvalue weighted by Gasteiger charge is -2.28. The van der Waals surface area contributed by atoms with Crippen molar-refractivity contribution in [2.45, 2.75) is 6.42 Å². The lowest BCUT2D eigenvalue weighted by Crippen LogP contribution is -2.52. The summed E-state index contributed by atoms with van der Waals surface area (Å²) in [5.74, 6) is -2.07. The van der Waals surface area contributed by atoms with E-state index in [4.69, 9.17) is 10.6 Å². The van der Waals surface area contributed by atoms with Gasteiger partial charge < -0.3 is 10.6 Å². The summed E-state index contributed by atoms with van der Waals surface area (Å²) in [7, 11) is 0. The molecule has 10 heteroatoms. The molecule has 3 rings (SSSR count). The van der Waals surface area contributed by atoms with Crippen LogP contribution >= 0.6 is 0 Å². The maximum absolute atomic E-state index is 12.5. The van der Waals surface area contributed by atoms with Crippen molar-refractivity contribution in [1.82, 2.24) is 19.7 Å². The molecule has 0 bridgehead atoms. The standard InChI is InChI=1S/C15H13N5O5/c16-12(21)5-7-19(15(24)25-18-8-6-17-9-18)20-13(22)10-3-1-2-4-11(10)14(20)23/h1-4,6,8-9H,5,7H2,(H2,16,21). The molecule has 0 fully saturated rings. The van der Waals surface area contributed by atoms with Crippen LogP contribution in [0.4, 0.5) is 4.79 Å². The fourth-order valence-electron chi connectivity index (χ4n) is 2.32. The van der Waals surface area contributed by atoms with Gasteiger partial charge in [0.2, 0.25) is 5.91 Å². The van der Waals surface area contributed by atoms with E-state index in [1.165, 1.54) is 30.9 Å². The van der Waals surface area contributed by atoms with E-state index in [0.29, 0.717) is 5.01 Å². The molecular weight excluding hydrogens is 330 g/mol. The molecule has 0 unspecified atom stereocenters. The Morgan fingerprint density at radius 1 is 1.16 bits per heavy atom. The number of hydrazine groups is 1. The summed E-state index contributed by atoms with van der Waals surface area (Å²) in [6.45, 7) is -0.297. The Morgan fingerprint density at radius 3 is 2.32 bits per heavy atom. The van der Waals surface area contributed by atoms with E-state index in [1.807, 2.05) is 0 Å². The Bertz CT molecular complexity index is 813.